The maximum Gasteiger partial charge on any atom is 0.307 e. The van der Waals surface area contributed by atoms with E-state index in [9.17, 15) is 4.79 Å². The van der Waals surface area contributed by atoms with Gasteiger partial charge in [0.05, 0.1) is 6.42 Å². The van der Waals surface area contributed by atoms with Crippen LogP contribution in [-0.2, 0) is 11.2 Å². The lowest BCUT2D eigenvalue weighted by Crippen LogP contribution is -1.99. The summed E-state index contributed by atoms with van der Waals surface area (Å²) >= 11 is 0. The number of aliphatic carboxylic acids is 1. The molecule has 0 aliphatic heterocycles. The van der Waals surface area contributed by atoms with Crippen molar-refractivity contribution in [2.24, 2.45) is 0 Å². The number of hydrogen-bond acceptors (Lipinski definition) is 2. The molecule has 0 unspecified atom stereocenters. The molecular weight excluding hydrogens is 144 g/mol. The lowest BCUT2D eigenvalue weighted by molar-refractivity contribution is -0.136. The lowest BCUT2D eigenvalue weighted by atomic mass is 10.1. The Bertz CT molecular complexity index is 268. The second-order valence-electron chi connectivity index (χ2n) is 2.13. The molecule has 1 radical (unpaired) electrons. The minimum absolute atomic E-state index is 0.00569. The van der Waals surface area contributed by atoms with Crippen molar-refractivity contribution < 1.29 is 15.0 Å². The summed E-state index contributed by atoms with van der Waals surface area (Å²) in [5.74, 6) is -0.953. The quantitative estimate of drug-likeness (QED) is 0.657. The van der Waals surface area contributed by atoms with Crippen LogP contribution in [0.1, 0.15) is 5.56 Å². The number of rotatable bonds is 2. The Kier molecular flexibility index (Phi) is 2.11. The third-order valence-corrected chi connectivity index (χ3v) is 1.27. The summed E-state index contributed by atoms with van der Waals surface area (Å²) in [6, 6.07) is 7.09. The standard InChI is InChI=1S/C8H7O3/c9-7-4-2-1-3-6(7)5-8(10)11/h2-4,9H,5H2,(H,10,11). The first-order chi connectivity index (χ1) is 5.20. The van der Waals surface area contributed by atoms with E-state index in [1.165, 1.54) is 18.2 Å². The van der Waals surface area contributed by atoms with Gasteiger partial charge in [-0.2, -0.15) is 0 Å². The average molecular weight is 151 g/mol. The van der Waals surface area contributed by atoms with Crippen molar-refractivity contribution >= 4 is 5.97 Å². The molecule has 57 valence electrons. The Morgan fingerprint density at radius 3 is 2.91 bits per heavy atom. The SMILES string of the molecule is O=C(O)Cc1c[c]ccc1O. The van der Waals surface area contributed by atoms with Crippen LogP contribution in [0.5, 0.6) is 5.75 Å². The molecule has 0 saturated heterocycles. The predicted octanol–water partition coefficient (Wildman–Crippen LogP) is 0.819. The van der Waals surface area contributed by atoms with E-state index >= 15 is 0 Å². The number of phenols is 1. The van der Waals surface area contributed by atoms with Crippen LogP contribution in [0.2, 0.25) is 0 Å². The summed E-state index contributed by atoms with van der Waals surface area (Å²) in [4.78, 5) is 10.2. The summed E-state index contributed by atoms with van der Waals surface area (Å²) in [6.07, 6.45) is -0.164. The Labute approximate surface area is 63.9 Å². The van der Waals surface area contributed by atoms with Crippen molar-refractivity contribution in [3.05, 3.63) is 29.8 Å². The van der Waals surface area contributed by atoms with E-state index in [0.29, 0.717) is 5.56 Å². The molecule has 0 saturated carbocycles. The first-order valence-corrected chi connectivity index (χ1v) is 3.10. The van der Waals surface area contributed by atoms with Crippen LogP contribution in [-0.4, -0.2) is 16.2 Å². The molecule has 1 aromatic carbocycles. The average Bonchev–Trinajstić information content (AvgIpc) is 1.93. The Hall–Kier alpha value is -1.51. The largest absolute Gasteiger partial charge is 0.508 e. The topological polar surface area (TPSA) is 57.5 Å². The minimum atomic E-state index is -0.958. The monoisotopic (exact) mass is 151 g/mol. The summed E-state index contributed by atoms with van der Waals surface area (Å²) in [6.45, 7) is 0. The smallest absolute Gasteiger partial charge is 0.307 e. The lowest BCUT2D eigenvalue weighted by Gasteiger charge is -1.98. The number of benzene rings is 1. The molecule has 0 heterocycles. The molecule has 0 atom stereocenters. The fourth-order valence-corrected chi connectivity index (χ4v) is 0.761. The molecule has 3 nitrogen and oxygen atoms in total. The number of phenolic OH excluding ortho intramolecular Hbond substituents is 1. The van der Waals surface area contributed by atoms with E-state index in [1.807, 2.05) is 0 Å². The fraction of sp³-hybridized carbons (Fsp3) is 0.125. The number of carboxylic acid groups (broad SMARTS) is 1. The molecule has 1 aromatic rings. The van der Waals surface area contributed by atoms with Crippen LogP contribution in [0.3, 0.4) is 0 Å². The molecular formula is C8H7O3. The third-order valence-electron chi connectivity index (χ3n) is 1.27. The van der Waals surface area contributed by atoms with Crippen molar-refractivity contribution in [2.75, 3.05) is 0 Å². The third kappa shape index (κ3) is 1.97. The van der Waals surface area contributed by atoms with Crippen LogP contribution in [0.25, 0.3) is 0 Å². The van der Waals surface area contributed by atoms with E-state index in [1.54, 1.807) is 0 Å². The summed E-state index contributed by atoms with van der Waals surface area (Å²) in [5.41, 5.74) is 0.389. The van der Waals surface area contributed by atoms with Gasteiger partial charge in [-0.15, -0.1) is 0 Å². The van der Waals surface area contributed by atoms with Crippen molar-refractivity contribution in [3.63, 3.8) is 0 Å². The molecule has 1 rings (SSSR count). The van der Waals surface area contributed by atoms with Crippen molar-refractivity contribution in [1.29, 1.82) is 0 Å². The minimum Gasteiger partial charge on any atom is -0.508 e. The molecule has 0 amide bonds. The molecule has 0 aliphatic carbocycles. The molecule has 0 fully saturated rings. The highest BCUT2D eigenvalue weighted by atomic mass is 16.4. The zero-order valence-corrected chi connectivity index (χ0v) is 5.74. The van der Waals surface area contributed by atoms with Gasteiger partial charge in [-0.05, 0) is 18.2 Å². The first kappa shape index (κ1) is 7.60. The molecule has 3 heteroatoms. The van der Waals surface area contributed by atoms with Crippen molar-refractivity contribution in [1.82, 2.24) is 0 Å². The van der Waals surface area contributed by atoms with Gasteiger partial charge in [0.2, 0.25) is 0 Å². The van der Waals surface area contributed by atoms with Crippen LogP contribution < -0.4 is 0 Å². The van der Waals surface area contributed by atoms with Crippen LogP contribution in [0, 0.1) is 6.07 Å². The van der Waals surface area contributed by atoms with Crippen molar-refractivity contribution in [2.45, 2.75) is 6.42 Å². The highest BCUT2D eigenvalue weighted by molar-refractivity contribution is 5.71. The van der Waals surface area contributed by atoms with Crippen molar-refractivity contribution in [3.8, 4) is 5.75 Å². The van der Waals surface area contributed by atoms with E-state index in [0.717, 1.165) is 0 Å². The number of carbonyl (C=O) groups is 1. The zero-order chi connectivity index (χ0) is 8.27. The highest BCUT2D eigenvalue weighted by Crippen LogP contribution is 2.15. The van der Waals surface area contributed by atoms with E-state index < -0.39 is 5.97 Å². The molecule has 11 heavy (non-hydrogen) atoms. The van der Waals surface area contributed by atoms with Gasteiger partial charge in [0.15, 0.2) is 0 Å². The van der Waals surface area contributed by atoms with Gasteiger partial charge in [-0.25, -0.2) is 0 Å². The maximum absolute atomic E-state index is 10.2. The number of carboxylic acids is 1. The van der Waals surface area contributed by atoms with E-state index in [2.05, 4.69) is 6.07 Å². The Morgan fingerprint density at radius 2 is 2.36 bits per heavy atom. The second-order valence-corrected chi connectivity index (χ2v) is 2.13. The van der Waals surface area contributed by atoms with Gasteiger partial charge in [0.25, 0.3) is 0 Å². The number of aromatic hydroxyl groups is 1. The van der Waals surface area contributed by atoms with E-state index in [4.69, 9.17) is 10.2 Å². The van der Waals surface area contributed by atoms with Gasteiger partial charge in [0.1, 0.15) is 5.75 Å². The second kappa shape index (κ2) is 3.05. The van der Waals surface area contributed by atoms with Gasteiger partial charge in [-0.3, -0.25) is 4.79 Å². The molecule has 2 N–H and O–H groups in total. The van der Waals surface area contributed by atoms with Gasteiger partial charge < -0.3 is 10.2 Å². The first-order valence-electron chi connectivity index (χ1n) is 3.10. The van der Waals surface area contributed by atoms with Gasteiger partial charge in [-0.1, -0.05) is 6.07 Å². The van der Waals surface area contributed by atoms with E-state index in [-0.39, 0.29) is 12.2 Å². The fourth-order valence-electron chi connectivity index (χ4n) is 0.761. The summed E-state index contributed by atoms with van der Waals surface area (Å²) < 4.78 is 0. The van der Waals surface area contributed by atoms with Gasteiger partial charge in [0, 0.05) is 5.56 Å². The molecule has 0 aliphatic rings. The van der Waals surface area contributed by atoms with Gasteiger partial charge >= 0.3 is 5.97 Å². The number of hydrogen-bond donors (Lipinski definition) is 2. The maximum atomic E-state index is 10.2. The zero-order valence-electron chi connectivity index (χ0n) is 5.74. The highest BCUT2D eigenvalue weighted by Gasteiger charge is 2.03. The molecule has 0 bridgehead atoms. The normalized spacial score (nSPS) is 9.45. The predicted molar refractivity (Wildman–Crippen MR) is 38.3 cm³/mol. The van der Waals surface area contributed by atoms with Crippen LogP contribution in [0.15, 0.2) is 18.2 Å². The molecule has 0 aromatic heterocycles. The summed E-state index contributed by atoms with van der Waals surface area (Å²) in [7, 11) is 0. The summed E-state index contributed by atoms with van der Waals surface area (Å²) in [5, 5.41) is 17.4. The Morgan fingerprint density at radius 1 is 1.64 bits per heavy atom. The molecule has 0 spiro atoms. The Balaban J connectivity index is 2.86. The van der Waals surface area contributed by atoms with Crippen LogP contribution in [0.4, 0.5) is 0 Å². The van der Waals surface area contributed by atoms with Crippen LogP contribution >= 0.6 is 0 Å².